The zero-order valence-electron chi connectivity index (χ0n) is 13.9. The van der Waals surface area contributed by atoms with Gasteiger partial charge < -0.3 is 9.64 Å². The van der Waals surface area contributed by atoms with Crippen LogP contribution < -0.4 is 4.74 Å². The fraction of sp³-hybridized carbons (Fsp3) is 0.389. The number of hydrogen-bond acceptors (Lipinski definition) is 4. The lowest BCUT2D eigenvalue weighted by molar-refractivity contribution is 0.0724. The van der Waals surface area contributed by atoms with Crippen molar-refractivity contribution >= 4 is 5.91 Å². The van der Waals surface area contributed by atoms with Crippen LogP contribution in [0.2, 0.25) is 0 Å². The number of likely N-dealkylation sites (tertiary alicyclic amines) is 1. The van der Waals surface area contributed by atoms with Crippen LogP contribution >= 0.6 is 0 Å². The van der Waals surface area contributed by atoms with Crippen LogP contribution in [0.5, 0.6) is 5.75 Å². The molecule has 5 nitrogen and oxygen atoms in total. The molecule has 1 fully saturated rings. The molecule has 0 aliphatic carbocycles. The monoisotopic (exact) mass is 347 g/mol. The molecule has 0 aromatic carbocycles. The summed E-state index contributed by atoms with van der Waals surface area (Å²) in [6, 6.07) is 8.52. The maximum Gasteiger partial charge on any atom is 0.273 e. The van der Waals surface area contributed by atoms with Crippen LogP contribution in [0.4, 0.5) is 8.78 Å². The SMILES string of the molecule is Cc1cccc(C2CCCN2C(=O)c2cc(OCC(F)F)ccn2)n1. The van der Waals surface area contributed by atoms with Crippen molar-refractivity contribution in [1.82, 2.24) is 14.9 Å². The van der Waals surface area contributed by atoms with E-state index in [4.69, 9.17) is 4.74 Å². The van der Waals surface area contributed by atoms with E-state index in [-0.39, 0.29) is 23.4 Å². The Morgan fingerprint density at radius 1 is 1.40 bits per heavy atom. The van der Waals surface area contributed by atoms with Gasteiger partial charge in [0, 0.05) is 24.5 Å². The van der Waals surface area contributed by atoms with E-state index in [0.29, 0.717) is 6.54 Å². The molecule has 25 heavy (non-hydrogen) atoms. The Balaban J connectivity index is 1.78. The molecule has 1 amide bonds. The summed E-state index contributed by atoms with van der Waals surface area (Å²) < 4.78 is 29.5. The van der Waals surface area contributed by atoms with Gasteiger partial charge in [0.1, 0.15) is 18.1 Å². The third-order valence-electron chi connectivity index (χ3n) is 4.09. The van der Waals surface area contributed by atoms with E-state index in [2.05, 4.69) is 9.97 Å². The van der Waals surface area contributed by atoms with Crippen molar-refractivity contribution < 1.29 is 18.3 Å². The quantitative estimate of drug-likeness (QED) is 0.832. The van der Waals surface area contributed by atoms with Gasteiger partial charge in [-0.15, -0.1) is 0 Å². The summed E-state index contributed by atoms with van der Waals surface area (Å²) >= 11 is 0. The van der Waals surface area contributed by atoms with E-state index in [9.17, 15) is 13.6 Å². The smallest absolute Gasteiger partial charge is 0.273 e. The minimum absolute atomic E-state index is 0.0974. The molecule has 1 aliphatic rings. The number of aryl methyl sites for hydroxylation is 1. The van der Waals surface area contributed by atoms with Gasteiger partial charge in [-0.1, -0.05) is 6.07 Å². The highest BCUT2D eigenvalue weighted by molar-refractivity contribution is 5.93. The predicted molar refractivity (Wildman–Crippen MR) is 87.7 cm³/mol. The van der Waals surface area contributed by atoms with Gasteiger partial charge in [-0.2, -0.15) is 0 Å². The number of pyridine rings is 2. The molecule has 132 valence electrons. The highest BCUT2D eigenvalue weighted by Gasteiger charge is 2.32. The number of amides is 1. The number of nitrogens with zero attached hydrogens (tertiary/aromatic N) is 3. The lowest BCUT2D eigenvalue weighted by atomic mass is 10.1. The summed E-state index contributed by atoms with van der Waals surface area (Å²) in [5.74, 6) is -0.0311. The van der Waals surface area contributed by atoms with Crippen LogP contribution in [0, 0.1) is 6.92 Å². The first-order valence-electron chi connectivity index (χ1n) is 8.16. The van der Waals surface area contributed by atoms with Crippen LogP contribution in [-0.4, -0.2) is 40.4 Å². The largest absolute Gasteiger partial charge is 0.488 e. The number of hydrogen-bond donors (Lipinski definition) is 0. The molecule has 0 spiro atoms. The molecular formula is C18H19F2N3O2. The molecule has 3 rings (SSSR count). The highest BCUT2D eigenvalue weighted by atomic mass is 19.3. The van der Waals surface area contributed by atoms with Crippen molar-refractivity contribution in [2.75, 3.05) is 13.2 Å². The average molecular weight is 347 g/mol. The van der Waals surface area contributed by atoms with Gasteiger partial charge in [-0.25, -0.2) is 8.78 Å². The third-order valence-corrected chi connectivity index (χ3v) is 4.09. The molecule has 1 atom stereocenters. The molecule has 7 heteroatoms. The normalized spacial score (nSPS) is 17.1. The van der Waals surface area contributed by atoms with Gasteiger partial charge in [0.25, 0.3) is 12.3 Å². The first-order chi connectivity index (χ1) is 12.0. The Morgan fingerprint density at radius 2 is 2.24 bits per heavy atom. The van der Waals surface area contributed by atoms with E-state index in [1.165, 1.54) is 18.3 Å². The fourth-order valence-electron chi connectivity index (χ4n) is 2.99. The molecule has 2 aromatic rings. The topological polar surface area (TPSA) is 55.3 Å². The summed E-state index contributed by atoms with van der Waals surface area (Å²) in [5.41, 5.74) is 1.94. The lowest BCUT2D eigenvalue weighted by Crippen LogP contribution is -2.31. The number of carbonyl (C=O) groups is 1. The number of ether oxygens (including phenoxy) is 1. The summed E-state index contributed by atoms with van der Waals surface area (Å²) in [6.07, 6.45) is 0.546. The van der Waals surface area contributed by atoms with Crippen molar-refractivity contribution in [3.05, 3.63) is 53.6 Å². The van der Waals surface area contributed by atoms with Crippen LogP contribution in [0.1, 0.15) is 40.8 Å². The number of halogens is 2. The standard InChI is InChI=1S/C18H19F2N3O2/c1-12-4-2-5-14(22-12)16-6-3-9-23(16)18(24)15-10-13(7-8-21-15)25-11-17(19)20/h2,4-5,7-8,10,16-17H,3,6,9,11H2,1H3. The molecule has 1 saturated heterocycles. The molecule has 1 unspecified atom stereocenters. The van der Waals surface area contributed by atoms with E-state index in [0.717, 1.165) is 24.2 Å². The van der Waals surface area contributed by atoms with Gasteiger partial charge in [-0.05, 0) is 38.0 Å². The Labute approximate surface area is 144 Å². The minimum atomic E-state index is -2.57. The molecule has 0 radical (unpaired) electrons. The number of alkyl halides is 2. The second-order valence-electron chi connectivity index (χ2n) is 5.94. The Morgan fingerprint density at radius 3 is 3.00 bits per heavy atom. The van der Waals surface area contributed by atoms with Crippen molar-refractivity contribution in [3.8, 4) is 5.75 Å². The van der Waals surface area contributed by atoms with E-state index in [1.54, 1.807) is 4.90 Å². The van der Waals surface area contributed by atoms with E-state index >= 15 is 0 Å². The van der Waals surface area contributed by atoms with Gasteiger partial charge in [0.2, 0.25) is 0 Å². The van der Waals surface area contributed by atoms with Crippen molar-refractivity contribution in [2.45, 2.75) is 32.2 Å². The highest BCUT2D eigenvalue weighted by Crippen LogP contribution is 2.32. The molecule has 0 N–H and O–H groups in total. The first kappa shape index (κ1) is 17.3. The predicted octanol–water partition coefficient (Wildman–Crippen LogP) is 3.41. The van der Waals surface area contributed by atoms with Gasteiger partial charge in [-0.3, -0.25) is 14.8 Å². The Hall–Kier alpha value is -2.57. The van der Waals surface area contributed by atoms with Crippen LogP contribution in [0.15, 0.2) is 36.5 Å². The molecule has 0 bridgehead atoms. The van der Waals surface area contributed by atoms with Crippen LogP contribution in [0.3, 0.4) is 0 Å². The van der Waals surface area contributed by atoms with E-state index < -0.39 is 13.0 Å². The van der Waals surface area contributed by atoms with Crippen molar-refractivity contribution in [1.29, 1.82) is 0 Å². The Kier molecular flexibility index (Phi) is 5.21. The summed E-state index contributed by atoms with van der Waals surface area (Å²) in [4.78, 5) is 23.2. The number of rotatable bonds is 5. The van der Waals surface area contributed by atoms with Crippen molar-refractivity contribution in [3.63, 3.8) is 0 Å². The maximum absolute atomic E-state index is 12.8. The van der Waals surface area contributed by atoms with Crippen LogP contribution in [0.25, 0.3) is 0 Å². The fourth-order valence-corrected chi connectivity index (χ4v) is 2.99. The second-order valence-corrected chi connectivity index (χ2v) is 5.94. The van der Waals surface area contributed by atoms with E-state index in [1.807, 2.05) is 25.1 Å². The zero-order valence-corrected chi connectivity index (χ0v) is 13.9. The summed E-state index contributed by atoms with van der Waals surface area (Å²) in [5, 5.41) is 0. The van der Waals surface area contributed by atoms with Crippen molar-refractivity contribution in [2.24, 2.45) is 0 Å². The lowest BCUT2D eigenvalue weighted by Gasteiger charge is -2.24. The molecular weight excluding hydrogens is 328 g/mol. The molecule has 0 saturated carbocycles. The van der Waals surface area contributed by atoms with Gasteiger partial charge in [0.15, 0.2) is 0 Å². The second kappa shape index (κ2) is 7.55. The van der Waals surface area contributed by atoms with Gasteiger partial charge in [0.05, 0.1) is 11.7 Å². The molecule has 3 heterocycles. The maximum atomic E-state index is 12.8. The number of aromatic nitrogens is 2. The molecule has 1 aliphatic heterocycles. The van der Waals surface area contributed by atoms with Gasteiger partial charge >= 0.3 is 0 Å². The summed E-state index contributed by atoms with van der Waals surface area (Å²) in [7, 11) is 0. The number of carbonyl (C=O) groups excluding carboxylic acids is 1. The zero-order chi connectivity index (χ0) is 17.8. The Bertz CT molecular complexity index is 755. The average Bonchev–Trinajstić information content (AvgIpc) is 3.09. The minimum Gasteiger partial charge on any atom is -0.488 e. The molecule has 2 aromatic heterocycles. The third kappa shape index (κ3) is 4.10. The van der Waals surface area contributed by atoms with Crippen LogP contribution in [-0.2, 0) is 0 Å². The summed E-state index contributed by atoms with van der Waals surface area (Å²) in [6.45, 7) is 1.82. The first-order valence-corrected chi connectivity index (χ1v) is 8.16.